The Morgan fingerprint density at radius 3 is 3.06 bits per heavy atom. The van der Waals surface area contributed by atoms with Gasteiger partial charge in [0.05, 0.1) is 17.6 Å². The molecule has 1 heterocycles. The summed E-state index contributed by atoms with van der Waals surface area (Å²) in [6.07, 6.45) is 3.45. The third-order valence-corrected chi connectivity index (χ3v) is 2.47. The van der Waals surface area contributed by atoms with Crippen LogP contribution >= 0.6 is 0 Å². The van der Waals surface area contributed by atoms with Gasteiger partial charge in [-0.25, -0.2) is 0 Å². The van der Waals surface area contributed by atoms with Crippen LogP contribution in [0.1, 0.15) is 26.2 Å². The van der Waals surface area contributed by atoms with Crippen LogP contribution in [-0.4, -0.2) is 16.6 Å². The number of nitrogens with zero attached hydrogens (tertiary/aromatic N) is 1. The Labute approximate surface area is 94.8 Å². The van der Waals surface area contributed by atoms with Gasteiger partial charge in [-0.2, -0.15) is 4.98 Å². The van der Waals surface area contributed by atoms with E-state index in [1.54, 1.807) is 0 Å². The molecule has 0 aliphatic rings. The molecule has 86 valence electrons. The van der Waals surface area contributed by atoms with E-state index in [1.165, 1.54) is 12.8 Å². The fourth-order valence-electron chi connectivity index (χ4n) is 1.59. The van der Waals surface area contributed by atoms with Crippen molar-refractivity contribution in [3.8, 4) is 6.01 Å². The minimum Gasteiger partial charge on any atom is -0.465 e. The standard InChI is InChI=1S/C12H17N3O/c1-2-3-4-7-16-12-14-10-6-5-9(13)8-11(10)15-12/h5-6,8H,2-4,7,13H2,1H3,(H,14,15). The summed E-state index contributed by atoms with van der Waals surface area (Å²) in [6.45, 7) is 2.88. The van der Waals surface area contributed by atoms with Gasteiger partial charge in [0.1, 0.15) is 0 Å². The van der Waals surface area contributed by atoms with E-state index in [0.717, 1.165) is 23.1 Å². The third kappa shape index (κ3) is 2.45. The molecule has 4 heteroatoms. The Morgan fingerprint density at radius 2 is 2.25 bits per heavy atom. The Balaban J connectivity index is 2.02. The lowest BCUT2D eigenvalue weighted by atomic mass is 10.3. The number of hydrogen-bond acceptors (Lipinski definition) is 3. The lowest BCUT2D eigenvalue weighted by Gasteiger charge is -2.00. The van der Waals surface area contributed by atoms with Gasteiger partial charge in [0.15, 0.2) is 0 Å². The van der Waals surface area contributed by atoms with Crippen LogP contribution in [0.3, 0.4) is 0 Å². The highest BCUT2D eigenvalue weighted by molar-refractivity contribution is 5.79. The summed E-state index contributed by atoms with van der Waals surface area (Å²) in [6, 6.07) is 6.17. The number of nitrogens with one attached hydrogen (secondary N) is 1. The first-order chi connectivity index (χ1) is 7.79. The van der Waals surface area contributed by atoms with Crippen LogP contribution in [-0.2, 0) is 0 Å². The molecule has 3 N–H and O–H groups in total. The number of nitrogens with two attached hydrogens (primary N) is 1. The van der Waals surface area contributed by atoms with Crippen molar-refractivity contribution in [3.63, 3.8) is 0 Å². The Bertz CT molecular complexity index is 464. The molecule has 0 radical (unpaired) electrons. The largest absolute Gasteiger partial charge is 0.465 e. The molecular weight excluding hydrogens is 202 g/mol. The van der Waals surface area contributed by atoms with E-state index in [-0.39, 0.29) is 0 Å². The number of anilines is 1. The predicted molar refractivity (Wildman–Crippen MR) is 65.5 cm³/mol. The summed E-state index contributed by atoms with van der Waals surface area (Å²) in [5.41, 5.74) is 8.22. The molecule has 0 unspecified atom stereocenters. The summed E-state index contributed by atoms with van der Waals surface area (Å²) in [7, 11) is 0. The molecule has 1 aromatic heterocycles. The second kappa shape index (κ2) is 4.88. The first kappa shape index (κ1) is 10.8. The van der Waals surface area contributed by atoms with Crippen LogP contribution in [0.4, 0.5) is 5.69 Å². The maximum absolute atomic E-state index is 5.68. The zero-order valence-corrected chi connectivity index (χ0v) is 9.49. The second-order valence-corrected chi connectivity index (χ2v) is 3.87. The van der Waals surface area contributed by atoms with E-state index in [1.807, 2.05) is 18.2 Å². The quantitative estimate of drug-likeness (QED) is 0.600. The number of nitrogen functional groups attached to an aromatic ring is 1. The van der Waals surface area contributed by atoms with Crippen molar-refractivity contribution in [1.82, 2.24) is 9.97 Å². The maximum atomic E-state index is 5.68. The SMILES string of the molecule is CCCCCOc1nc2ccc(N)cc2[nH]1. The van der Waals surface area contributed by atoms with E-state index in [2.05, 4.69) is 16.9 Å². The topological polar surface area (TPSA) is 63.9 Å². The molecule has 0 atom stereocenters. The van der Waals surface area contributed by atoms with Gasteiger partial charge in [-0.3, -0.25) is 0 Å². The van der Waals surface area contributed by atoms with Crippen LogP contribution in [0.5, 0.6) is 6.01 Å². The van der Waals surface area contributed by atoms with Crippen molar-refractivity contribution in [2.24, 2.45) is 0 Å². The zero-order valence-electron chi connectivity index (χ0n) is 9.49. The number of H-pyrrole nitrogens is 1. The number of aromatic amines is 1. The minimum atomic E-state index is 0.580. The molecule has 16 heavy (non-hydrogen) atoms. The van der Waals surface area contributed by atoms with Crippen molar-refractivity contribution < 1.29 is 4.74 Å². The van der Waals surface area contributed by atoms with Crippen molar-refractivity contribution in [2.75, 3.05) is 12.3 Å². The monoisotopic (exact) mass is 219 g/mol. The van der Waals surface area contributed by atoms with Crippen LogP contribution < -0.4 is 10.5 Å². The molecule has 0 aliphatic heterocycles. The van der Waals surface area contributed by atoms with Gasteiger partial charge in [-0.15, -0.1) is 0 Å². The molecule has 0 saturated heterocycles. The van der Waals surface area contributed by atoms with E-state index in [9.17, 15) is 0 Å². The minimum absolute atomic E-state index is 0.580. The number of aromatic nitrogens is 2. The molecule has 1 aromatic carbocycles. The first-order valence-electron chi connectivity index (χ1n) is 5.67. The van der Waals surface area contributed by atoms with Gasteiger partial charge in [0.25, 0.3) is 6.01 Å². The highest BCUT2D eigenvalue weighted by Crippen LogP contribution is 2.18. The van der Waals surface area contributed by atoms with Crippen molar-refractivity contribution in [2.45, 2.75) is 26.2 Å². The number of benzene rings is 1. The number of ether oxygens (including phenoxy) is 1. The molecule has 0 bridgehead atoms. The number of unbranched alkanes of at least 4 members (excludes halogenated alkanes) is 2. The highest BCUT2D eigenvalue weighted by Gasteiger charge is 2.03. The number of hydrogen-bond donors (Lipinski definition) is 2. The van der Waals surface area contributed by atoms with Crippen LogP contribution in [0.25, 0.3) is 11.0 Å². The highest BCUT2D eigenvalue weighted by atomic mass is 16.5. The second-order valence-electron chi connectivity index (χ2n) is 3.87. The van der Waals surface area contributed by atoms with E-state index in [4.69, 9.17) is 10.5 Å². The average Bonchev–Trinajstić information content (AvgIpc) is 2.66. The summed E-state index contributed by atoms with van der Waals surface area (Å²) < 4.78 is 5.53. The van der Waals surface area contributed by atoms with Gasteiger partial charge in [-0.05, 0) is 24.6 Å². The Morgan fingerprint density at radius 1 is 1.38 bits per heavy atom. The molecule has 4 nitrogen and oxygen atoms in total. The molecule has 0 aliphatic carbocycles. The third-order valence-electron chi connectivity index (χ3n) is 2.47. The Kier molecular flexibility index (Phi) is 3.29. The van der Waals surface area contributed by atoms with Crippen LogP contribution in [0.15, 0.2) is 18.2 Å². The summed E-state index contributed by atoms with van der Waals surface area (Å²) >= 11 is 0. The van der Waals surface area contributed by atoms with E-state index in [0.29, 0.717) is 12.6 Å². The molecular formula is C12H17N3O. The van der Waals surface area contributed by atoms with Gasteiger partial charge in [0, 0.05) is 5.69 Å². The molecule has 2 rings (SSSR count). The molecule has 0 saturated carbocycles. The molecule has 2 aromatic rings. The lowest BCUT2D eigenvalue weighted by molar-refractivity contribution is 0.286. The zero-order chi connectivity index (χ0) is 11.4. The predicted octanol–water partition coefficient (Wildman–Crippen LogP) is 2.71. The van der Waals surface area contributed by atoms with Crippen molar-refractivity contribution >= 4 is 16.7 Å². The first-order valence-corrected chi connectivity index (χ1v) is 5.67. The van der Waals surface area contributed by atoms with Crippen molar-refractivity contribution in [1.29, 1.82) is 0 Å². The fourth-order valence-corrected chi connectivity index (χ4v) is 1.59. The number of rotatable bonds is 5. The van der Waals surface area contributed by atoms with Gasteiger partial charge < -0.3 is 15.5 Å². The van der Waals surface area contributed by atoms with E-state index >= 15 is 0 Å². The average molecular weight is 219 g/mol. The maximum Gasteiger partial charge on any atom is 0.294 e. The normalized spacial score (nSPS) is 10.8. The smallest absolute Gasteiger partial charge is 0.294 e. The van der Waals surface area contributed by atoms with E-state index < -0.39 is 0 Å². The molecule has 0 amide bonds. The van der Waals surface area contributed by atoms with Crippen LogP contribution in [0.2, 0.25) is 0 Å². The van der Waals surface area contributed by atoms with Gasteiger partial charge in [-0.1, -0.05) is 19.8 Å². The summed E-state index contributed by atoms with van der Waals surface area (Å²) in [5, 5.41) is 0. The van der Waals surface area contributed by atoms with Crippen molar-refractivity contribution in [3.05, 3.63) is 18.2 Å². The lowest BCUT2D eigenvalue weighted by Crippen LogP contribution is -1.97. The summed E-state index contributed by atoms with van der Waals surface area (Å²) in [4.78, 5) is 7.42. The van der Waals surface area contributed by atoms with Gasteiger partial charge in [0.2, 0.25) is 0 Å². The Hall–Kier alpha value is -1.71. The molecule has 0 spiro atoms. The van der Waals surface area contributed by atoms with Crippen LogP contribution in [0, 0.1) is 0 Å². The summed E-state index contributed by atoms with van der Waals surface area (Å²) in [5.74, 6) is 0. The van der Waals surface area contributed by atoms with Gasteiger partial charge >= 0.3 is 0 Å². The number of imidazole rings is 1. The fraction of sp³-hybridized carbons (Fsp3) is 0.417. The molecule has 0 fully saturated rings. The number of fused-ring (bicyclic) bond motifs is 1.